The van der Waals surface area contributed by atoms with E-state index in [9.17, 15) is 0 Å². The molecule has 1 aromatic rings. The number of ether oxygens (including phenoxy) is 1. The van der Waals surface area contributed by atoms with Crippen LogP contribution in [-0.2, 0) is 4.74 Å². The van der Waals surface area contributed by atoms with Crippen LogP contribution in [0.2, 0.25) is 10.0 Å². The van der Waals surface area contributed by atoms with Gasteiger partial charge in [-0.1, -0.05) is 53.0 Å². The van der Waals surface area contributed by atoms with E-state index in [0.717, 1.165) is 35.3 Å². The number of benzene rings is 1. The smallest absolute Gasteiger partial charge is 0.194 e. The average Bonchev–Trinajstić information content (AvgIpc) is 3.29. The van der Waals surface area contributed by atoms with E-state index in [-0.39, 0.29) is 11.2 Å². The fraction of sp³-hybridized carbons (Fsp3) is 0.294. The maximum Gasteiger partial charge on any atom is 0.194 e. The van der Waals surface area contributed by atoms with Gasteiger partial charge >= 0.3 is 0 Å². The summed E-state index contributed by atoms with van der Waals surface area (Å²) in [6.45, 7) is 0.405. The number of thiocarbonyl (C=S) groups is 1. The summed E-state index contributed by atoms with van der Waals surface area (Å²) in [7, 11) is 0. The summed E-state index contributed by atoms with van der Waals surface area (Å²) in [5.41, 5.74) is 6.42. The van der Waals surface area contributed by atoms with E-state index >= 15 is 0 Å². The second-order valence-corrected chi connectivity index (χ2v) is 7.44. The molecule has 3 N–H and O–H groups in total. The topological polar surface area (TPSA) is 62.9 Å². The van der Waals surface area contributed by atoms with Gasteiger partial charge in [0.15, 0.2) is 5.11 Å². The van der Waals surface area contributed by atoms with Crippen LogP contribution in [0.15, 0.2) is 45.9 Å². The average molecular weight is 417 g/mol. The highest BCUT2D eigenvalue weighted by Gasteiger charge is 2.60. The van der Waals surface area contributed by atoms with E-state index in [1.165, 1.54) is 0 Å². The Hall–Kier alpha value is -1.11. The highest BCUT2D eigenvalue weighted by Crippen LogP contribution is 2.57. The van der Waals surface area contributed by atoms with Crippen LogP contribution < -0.4 is 11.1 Å². The van der Waals surface area contributed by atoms with E-state index in [0.29, 0.717) is 16.6 Å². The molecule has 0 bridgehead atoms. The molecule has 8 heteroatoms. The molecule has 0 unspecified atom stereocenters. The SMILES string of the molecule is N/C=N\C(=S)NC[C@]1(C2=C(Cl)CCC=C2)O[C@@H]1c1ccc(Cl)cc1Cl. The molecule has 3 rings (SSSR count). The predicted octanol–water partition coefficient (Wildman–Crippen LogP) is 4.51. The van der Waals surface area contributed by atoms with Gasteiger partial charge in [0, 0.05) is 26.2 Å². The molecule has 1 saturated heterocycles. The number of hydrogen-bond donors (Lipinski definition) is 2. The van der Waals surface area contributed by atoms with Crippen molar-refractivity contribution < 1.29 is 4.74 Å². The predicted molar refractivity (Wildman–Crippen MR) is 108 cm³/mol. The molecule has 2 aliphatic rings. The van der Waals surface area contributed by atoms with Crippen molar-refractivity contribution in [3.63, 3.8) is 0 Å². The quantitative estimate of drug-likeness (QED) is 0.328. The summed E-state index contributed by atoms with van der Waals surface area (Å²) in [6, 6.07) is 5.36. The summed E-state index contributed by atoms with van der Waals surface area (Å²) >= 11 is 24.0. The Bertz CT molecular complexity index is 793. The van der Waals surface area contributed by atoms with Crippen molar-refractivity contribution in [2.45, 2.75) is 24.5 Å². The molecule has 0 aromatic heterocycles. The van der Waals surface area contributed by atoms with Crippen molar-refractivity contribution in [2.75, 3.05) is 6.54 Å². The Morgan fingerprint density at radius 2 is 2.24 bits per heavy atom. The third-order valence-corrected chi connectivity index (χ3v) is 5.40. The van der Waals surface area contributed by atoms with Gasteiger partial charge < -0.3 is 15.8 Å². The number of rotatable bonds is 4. The normalized spacial score (nSPS) is 25.5. The van der Waals surface area contributed by atoms with Crippen LogP contribution in [0.5, 0.6) is 0 Å². The van der Waals surface area contributed by atoms with Crippen LogP contribution in [0.25, 0.3) is 0 Å². The molecule has 2 atom stereocenters. The van der Waals surface area contributed by atoms with Crippen molar-refractivity contribution in [3.05, 3.63) is 56.6 Å². The van der Waals surface area contributed by atoms with Crippen molar-refractivity contribution >= 4 is 58.5 Å². The van der Waals surface area contributed by atoms with Crippen molar-refractivity contribution in [1.82, 2.24) is 5.32 Å². The van der Waals surface area contributed by atoms with E-state index in [2.05, 4.69) is 16.4 Å². The minimum absolute atomic E-state index is 0.249. The summed E-state index contributed by atoms with van der Waals surface area (Å²) in [5, 5.41) is 5.27. The first kappa shape index (κ1) is 18.7. The summed E-state index contributed by atoms with van der Waals surface area (Å²) in [5.74, 6) is 0. The first-order chi connectivity index (χ1) is 12.0. The van der Waals surface area contributed by atoms with Gasteiger partial charge in [0.1, 0.15) is 11.7 Å². The molecule has 4 nitrogen and oxygen atoms in total. The van der Waals surface area contributed by atoms with Gasteiger partial charge in [-0.15, -0.1) is 0 Å². The molecule has 1 fully saturated rings. The Labute approximate surface area is 166 Å². The van der Waals surface area contributed by atoms with Crippen LogP contribution in [0.4, 0.5) is 0 Å². The van der Waals surface area contributed by atoms with Crippen LogP contribution in [-0.4, -0.2) is 23.6 Å². The number of halogens is 3. The Balaban J connectivity index is 1.92. The zero-order valence-corrected chi connectivity index (χ0v) is 16.2. The van der Waals surface area contributed by atoms with Crippen LogP contribution in [0, 0.1) is 0 Å². The Morgan fingerprint density at radius 1 is 1.44 bits per heavy atom. The van der Waals surface area contributed by atoms with Gasteiger partial charge in [0.2, 0.25) is 0 Å². The molecule has 0 amide bonds. The number of hydrogen-bond acceptors (Lipinski definition) is 2. The van der Waals surface area contributed by atoms with E-state index in [4.69, 9.17) is 57.5 Å². The molecular weight excluding hydrogens is 401 g/mol. The van der Waals surface area contributed by atoms with Gasteiger partial charge in [-0.25, -0.2) is 4.99 Å². The Kier molecular flexibility index (Phi) is 5.71. The lowest BCUT2D eigenvalue weighted by molar-refractivity contribution is 0.322. The minimum atomic E-state index is -0.653. The fourth-order valence-corrected chi connectivity index (χ4v) is 3.94. The van der Waals surface area contributed by atoms with Crippen molar-refractivity contribution in [2.24, 2.45) is 10.7 Å². The van der Waals surface area contributed by atoms with Crippen LogP contribution in [0.3, 0.4) is 0 Å². The molecule has 0 saturated carbocycles. The fourth-order valence-electron chi connectivity index (χ4n) is 2.97. The standard InChI is InChI=1S/C17H16Cl3N3OS/c18-10-5-6-11(14(20)7-10)15-17(24-15,8-22-16(25)23-9-21)12-3-1-2-4-13(12)19/h1,3,5-7,9,15H,2,4,8H2,(H3,21,22,23,25)/t15-,17-/m1/s1. The second kappa shape index (κ2) is 7.64. The molecule has 132 valence electrons. The van der Waals surface area contributed by atoms with Crippen LogP contribution in [0.1, 0.15) is 24.5 Å². The maximum absolute atomic E-state index is 6.49. The van der Waals surface area contributed by atoms with E-state index in [1.54, 1.807) is 12.1 Å². The lowest BCUT2D eigenvalue weighted by Gasteiger charge is -2.20. The van der Waals surface area contributed by atoms with Gasteiger partial charge in [0.05, 0.1) is 12.9 Å². The van der Waals surface area contributed by atoms with Crippen molar-refractivity contribution in [1.29, 1.82) is 0 Å². The molecule has 1 aromatic carbocycles. The van der Waals surface area contributed by atoms with E-state index < -0.39 is 5.60 Å². The van der Waals surface area contributed by atoms with Gasteiger partial charge in [-0.05, 0) is 37.2 Å². The summed E-state index contributed by atoms with van der Waals surface area (Å²) in [4.78, 5) is 3.85. The monoisotopic (exact) mass is 415 g/mol. The van der Waals surface area contributed by atoms with Crippen LogP contribution >= 0.6 is 47.0 Å². The maximum atomic E-state index is 6.49. The first-order valence-corrected chi connectivity index (χ1v) is 9.22. The zero-order chi connectivity index (χ0) is 18.0. The summed E-state index contributed by atoms with van der Waals surface area (Å²) < 4.78 is 6.12. The van der Waals surface area contributed by atoms with Gasteiger partial charge in [-0.2, -0.15) is 0 Å². The number of aliphatic imine (C=N–C) groups is 1. The van der Waals surface area contributed by atoms with E-state index in [1.807, 2.05) is 12.1 Å². The number of allylic oxidation sites excluding steroid dienone is 2. The number of epoxide rings is 1. The highest BCUT2D eigenvalue weighted by molar-refractivity contribution is 7.80. The number of nitrogens with two attached hydrogens (primary N) is 1. The molecule has 1 heterocycles. The van der Waals surface area contributed by atoms with Crippen molar-refractivity contribution in [3.8, 4) is 0 Å². The zero-order valence-electron chi connectivity index (χ0n) is 13.1. The second-order valence-electron chi connectivity index (χ2n) is 5.75. The number of nitrogens with one attached hydrogen (secondary N) is 1. The largest absolute Gasteiger partial charge is 0.390 e. The molecular formula is C17H16Cl3N3OS. The third kappa shape index (κ3) is 3.86. The molecule has 0 radical (unpaired) electrons. The minimum Gasteiger partial charge on any atom is -0.390 e. The van der Waals surface area contributed by atoms with Gasteiger partial charge in [0.25, 0.3) is 0 Å². The molecule has 0 spiro atoms. The summed E-state index contributed by atoms with van der Waals surface area (Å²) in [6.07, 6.45) is 6.68. The Morgan fingerprint density at radius 3 is 2.92 bits per heavy atom. The molecule has 25 heavy (non-hydrogen) atoms. The molecule has 1 aliphatic carbocycles. The van der Waals surface area contributed by atoms with Gasteiger partial charge in [-0.3, -0.25) is 0 Å². The third-order valence-electron chi connectivity index (χ3n) is 4.20. The number of nitrogens with zero attached hydrogens (tertiary/aromatic N) is 1. The first-order valence-electron chi connectivity index (χ1n) is 7.68. The molecule has 1 aliphatic heterocycles. The highest BCUT2D eigenvalue weighted by atomic mass is 35.5. The lowest BCUT2D eigenvalue weighted by Crippen LogP contribution is -2.35. The lowest BCUT2D eigenvalue weighted by atomic mass is 9.88.